The fraction of sp³-hybridized carbons (Fsp3) is 0.345. The summed E-state index contributed by atoms with van der Waals surface area (Å²) in [6.45, 7) is 4.60. The number of benzene rings is 1. The quantitative estimate of drug-likeness (QED) is 0.265. The van der Waals surface area contributed by atoms with Crippen LogP contribution in [-0.2, 0) is 24.4 Å². The van der Waals surface area contributed by atoms with Gasteiger partial charge in [0.2, 0.25) is 0 Å². The third-order valence-corrected chi connectivity index (χ3v) is 7.07. The van der Waals surface area contributed by atoms with Crippen molar-refractivity contribution < 1.29 is 13.9 Å². The lowest BCUT2D eigenvalue weighted by Crippen LogP contribution is -2.35. The molecule has 1 aliphatic heterocycles. The Morgan fingerprint density at radius 1 is 1.20 bits per heavy atom. The summed E-state index contributed by atoms with van der Waals surface area (Å²) in [4.78, 5) is 23.3. The van der Waals surface area contributed by atoms with Crippen molar-refractivity contribution >= 4 is 10.9 Å². The zero-order valence-electron chi connectivity index (χ0n) is 22.3. The largest absolute Gasteiger partial charge is 0.494 e. The number of ether oxygens (including phenoxy) is 2. The Kier molecular flexibility index (Phi) is 7.64. The molecule has 0 unspecified atom stereocenters. The molecule has 0 amide bonds. The molecular formula is C29H31N7O4. The summed E-state index contributed by atoms with van der Waals surface area (Å²) in [6.07, 6.45) is 7.16. The number of fused-ring (bicyclic) bond motifs is 1. The van der Waals surface area contributed by atoms with Gasteiger partial charge in [-0.2, -0.15) is 0 Å². The molecular weight excluding hydrogens is 510 g/mol. The average molecular weight is 542 g/mol. The first-order valence-electron chi connectivity index (χ1n) is 13.5. The van der Waals surface area contributed by atoms with Crippen LogP contribution >= 0.6 is 0 Å². The summed E-state index contributed by atoms with van der Waals surface area (Å²) >= 11 is 0. The molecule has 4 aromatic heterocycles. The van der Waals surface area contributed by atoms with E-state index in [0.717, 1.165) is 47.4 Å². The molecule has 0 radical (unpaired) electrons. The number of aromatic amines is 1. The summed E-state index contributed by atoms with van der Waals surface area (Å²) in [7, 11) is 0. The Hall–Kier alpha value is -4.35. The SMILES string of the molecule is CCOc1ccc2[nH]c(=O)c([C@@H](c3nnnn3C[C@H]3CCCO3)N(Cc3cccnc3)Cc3ccco3)cc2c1. The van der Waals surface area contributed by atoms with E-state index in [9.17, 15) is 4.79 Å². The molecule has 1 aliphatic rings. The van der Waals surface area contributed by atoms with Crippen LogP contribution in [0.25, 0.3) is 10.9 Å². The van der Waals surface area contributed by atoms with Crippen molar-refractivity contribution in [3.63, 3.8) is 0 Å². The molecule has 1 fully saturated rings. The summed E-state index contributed by atoms with van der Waals surface area (Å²) in [5.74, 6) is 2.04. The molecule has 206 valence electrons. The van der Waals surface area contributed by atoms with Gasteiger partial charge < -0.3 is 18.9 Å². The van der Waals surface area contributed by atoms with Crippen molar-refractivity contribution in [3.05, 3.63) is 100 Å². The zero-order valence-corrected chi connectivity index (χ0v) is 22.3. The van der Waals surface area contributed by atoms with Crippen LogP contribution in [0.15, 0.2) is 76.4 Å². The van der Waals surface area contributed by atoms with Crippen LogP contribution < -0.4 is 10.3 Å². The molecule has 6 rings (SSSR count). The maximum Gasteiger partial charge on any atom is 0.253 e. The van der Waals surface area contributed by atoms with E-state index in [1.807, 2.05) is 61.7 Å². The number of H-pyrrole nitrogens is 1. The van der Waals surface area contributed by atoms with Gasteiger partial charge in [-0.05, 0) is 78.2 Å². The van der Waals surface area contributed by atoms with E-state index in [-0.39, 0.29) is 11.7 Å². The van der Waals surface area contributed by atoms with Gasteiger partial charge in [-0.15, -0.1) is 5.10 Å². The van der Waals surface area contributed by atoms with Gasteiger partial charge in [-0.1, -0.05) is 6.07 Å². The number of tetrazole rings is 1. The van der Waals surface area contributed by atoms with Gasteiger partial charge in [0.25, 0.3) is 5.56 Å². The van der Waals surface area contributed by atoms with E-state index >= 15 is 0 Å². The van der Waals surface area contributed by atoms with E-state index in [0.29, 0.717) is 37.6 Å². The third kappa shape index (κ3) is 5.65. The molecule has 0 spiro atoms. The standard InChI is InChI=1S/C29H31N7O4/c1-2-38-22-9-10-26-21(14-22)15-25(29(37)31-26)27(28-32-33-34-36(28)19-24-8-5-13-40-24)35(18-23-7-4-12-39-23)17-20-6-3-11-30-16-20/h3-4,6-7,9-12,14-16,24,27H,2,5,8,13,17-19H2,1H3,(H,31,37)/t24-,27+/m1/s1. The lowest BCUT2D eigenvalue weighted by molar-refractivity contribution is 0.0901. The van der Waals surface area contributed by atoms with Gasteiger partial charge in [-0.25, -0.2) is 4.68 Å². The van der Waals surface area contributed by atoms with Gasteiger partial charge in [0.1, 0.15) is 17.6 Å². The minimum Gasteiger partial charge on any atom is -0.494 e. The van der Waals surface area contributed by atoms with Crippen LogP contribution in [0.3, 0.4) is 0 Å². The first-order chi connectivity index (χ1) is 19.7. The fourth-order valence-corrected chi connectivity index (χ4v) is 5.25. The number of aromatic nitrogens is 6. The first-order valence-corrected chi connectivity index (χ1v) is 13.5. The van der Waals surface area contributed by atoms with Crippen LogP contribution in [0.4, 0.5) is 0 Å². The third-order valence-electron chi connectivity index (χ3n) is 7.07. The molecule has 5 aromatic rings. The number of nitrogens with zero attached hydrogens (tertiary/aromatic N) is 6. The van der Waals surface area contributed by atoms with E-state index in [2.05, 4.69) is 30.4 Å². The molecule has 11 nitrogen and oxygen atoms in total. The summed E-state index contributed by atoms with van der Waals surface area (Å²) < 4.78 is 19.1. The Balaban J connectivity index is 1.50. The number of pyridine rings is 2. The lowest BCUT2D eigenvalue weighted by Gasteiger charge is -2.30. The predicted octanol–water partition coefficient (Wildman–Crippen LogP) is 3.87. The van der Waals surface area contributed by atoms with E-state index in [1.54, 1.807) is 17.1 Å². The first kappa shape index (κ1) is 25.9. The van der Waals surface area contributed by atoms with Crippen molar-refractivity contribution in [2.45, 2.75) is 51.5 Å². The van der Waals surface area contributed by atoms with Gasteiger partial charge >= 0.3 is 0 Å². The highest BCUT2D eigenvalue weighted by Gasteiger charge is 2.32. The van der Waals surface area contributed by atoms with Crippen molar-refractivity contribution in [3.8, 4) is 5.75 Å². The average Bonchev–Trinajstić information content (AvgIpc) is 3.75. The smallest absolute Gasteiger partial charge is 0.253 e. The predicted molar refractivity (Wildman–Crippen MR) is 147 cm³/mol. The molecule has 11 heteroatoms. The summed E-state index contributed by atoms with van der Waals surface area (Å²) in [6, 6.07) is 14.6. The Morgan fingerprint density at radius 3 is 2.92 bits per heavy atom. The topological polar surface area (TPSA) is 124 Å². The maximum atomic E-state index is 13.7. The molecule has 0 bridgehead atoms. The van der Waals surface area contributed by atoms with Gasteiger partial charge in [-0.3, -0.25) is 14.7 Å². The number of hydrogen-bond acceptors (Lipinski definition) is 9. The summed E-state index contributed by atoms with van der Waals surface area (Å²) in [5.41, 5.74) is 2.00. The highest BCUT2D eigenvalue weighted by molar-refractivity contribution is 5.80. The normalized spacial score (nSPS) is 16.1. The monoisotopic (exact) mass is 541 g/mol. The van der Waals surface area contributed by atoms with Crippen LogP contribution in [0.5, 0.6) is 5.75 Å². The van der Waals surface area contributed by atoms with E-state index in [4.69, 9.17) is 13.9 Å². The second-order valence-electron chi connectivity index (χ2n) is 9.84. The molecule has 2 atom stereocenters. The Labute approximate surface area is 230 Å². The van der Waals surface area contributed by atoms with E-state index in [1.165, 1.54) is 0 Å². The number of rotatable bonds is 11. The second-order valence-corrected chi connectivity index (χ2v) is 9.84. The molecule has 0 aliphatic carbocycles. The van der Waals surface area contributed by atoms with Crippen LogP contribution in [-0.4, -0.2) is 54.4 Å². The minimum absolute atomic E-state index is 0.0170. The fourth-order valence-electron chi connectivity index (χ4n) is 5.25. The Bertz CT molecular complexity index is 1590. The van der Waals surface area contributed by atoms with Crippen molar-refractivity contribution in [2.24, 2.45) is 0 Å². The highest BCUT2D eigenvalue weighted by atomic mass is 16.5. The Morgan fingerprint density at radius 2 is 2.15 bits per heavy atom. The van der Waals surface area contributed by atoms with Crippen LogP contribution in [0, 0.1) is 0 Å². The minimum atomic E-state index is -0.606. The van der Waals surface area contributed by atoms with Crippen molar-refractivity contribution in [1.29, 1.82) is 0 Å². The van der Waals surface area contributed by atoms with Crippen LogP contribution in [0.1, 0.15) is 48.5 Å². The maximum absolute atomic E-state index is 13.7. The zero-order chi connectivity index (χ0) is 27.3. The van der Waals surface area contributed by atoms with Crippen molar-refractivity contribution in [2.75, 3.05) is 13.2 Å². The van der Waals surface area contributed by atoms with Crippen LogP contribution in [0.2, 0.25) is 0 Å². The summed E-state index contributed by atoms with van der Waals surface area (Å²) in [5, 5.41) is 13.7. The number of furan rings is 1. The van der Waals surface area contributed by atoms with Gasteiger partial charge in [0, 0.05) is 42.0 Å². The van der Waals surface area contributed by atoms with Gasteiger partial charge in [0.05, 0.1) is 32.1 Å². The molecule has 1 saturated heterocycles. The van der Waals surface area contributed by atoms with Gasteiger partial charge in [0.15, 0.2) is 5.82 Å². The molecule has 5 heterocycles. The van der Waals surface area contributed by atoms with E-state index < -0.39 is 6.04 Å². The lowest BCUT2D eigenvalue weighted by atomic mass is 10.0. The second kappa shape index (κ2) is 11.8. The molecule has 1 aromatic carbocycles. The van der Waals surface area contributed by atoms with Crippen molar-refractivity contribution in [1.82, 2.24) is 35.1 Å². The molecule has 40 heavy (non-hydrogen) atoms. The molecule has 1 N–H and O–H groups in total. The number of nitrogens with one attached hydrogen (secondary N) is 1. The highest BCUT2D eigenvalue weighted by Crippen LogP contribution is 2.31. The molecule has 0 saturated carbocycles. The number of hydrogen-bond donors (Lipinski definition) is 1.